The number of nitrogens with zero attached hydrogens (tertiary/aromatic N) is 2. The highest BCUT2D eigenvalue weighted by Crippen LogP contribution is 2.33. The number of carbonyl (C=O) groups excluding carboxylic acids is 2. The molecule has 0 radical (unpaired) electrons. The van der Waals surface area contributed by atoms with Crippen molar-refractivity contribution in [3.8, 4) is 0 Å². The number of thioether (sulfide) groups is 1. The van der Waals surface area contributed by atoms with Crippen LogP contribution in [-0.2, 0) is 21.7 Å². The molecule has 1 saturated heterocycles. The Morgan fingerprint density at radius 2 is 1.75 bits per heavy atom. The average molecular weight is 399 g/mol. The van der Waals surface area contributed by atoms with Crippen LogP contribution in [0.2, 0.25) is 0 Å². The Bertz CT molecular complexity index is 794. The first-order chi connectivity index (χ1) is 13.5. The standard InChI is InChI=1S/C22H26N2O3S/c1-22(19-11-7-4-8-12-19,15-20(25)24-13-14-28-17-24)23(2)21(26)27-16-18-9-5-3-6-10-18/h3-12H,13-17H2,1-2H3. The number of hydrogen-bond donors (Lipinski definition) is 0. The third-order valence-corrected chi connectivity index (χ3v) is 6.18. The van der Waals surface area contributed by atoms with Crippen LogP contribution in [0, 0.1) is 0 Å². The van der Waals surface area contributed by atoms with E-state index in [4.69, 9.17) is 4.74 Å². The molecule has 2 aromatic rings. The van der Waals surface area contributed by atoms with Gasteiger partial charge in [0.05, 0.1) is 17.8 Å². The summed E-state index contributed by atoms with van der Waals surface area (Å²) in [5.41, 5.74) is 1.05. The molecule has 0 bridgehead atoms. The summed E-state index contributed by atoms with van der Waals surface area (Å²) >= 11 is 1.75. The third kappa shape index (κ3) is 4.68. The zero-order valence-corrected chi connectivity index (χ0v) is 17.2. The molecule has 28 heavy (non-hydrogen) atoms. The summed E-state index contributed by atoms with van der Waals surface area (Å²) in [5.74, 6) is 1.73. The van der Waals surface area contributed by atoms with Crippen LogP contribution in [0.15, 0.2) is 60.7 Å². The van der Waals surface area contributed by atoms with Crippen molar-refractivity contribution in [2.45, 2.75) is 25.5 Å². The second-order valence-electron chi connectivity index (χ2n) is 7.11. The van der Waals surface area contributed by atoms with E-state index in [1.807, 2.05) is 72.5 Å². The molecule has 1 unspecified atom stereocenters. The summed E-state index contributed by atoms with van der Waals surface area (Å²) in [7, 11) is 1.70. The topological polar surface area (TPSA) is 49.9 Å². The summed E-state index contributed by atoms with van der Waals surface area (Å²) < 4.78 is 5.52. The zero-order chi connectivity index (χ0) is 20.0. The molecule has 1 fully saturated rings. The van der Waals surface area contributed by atoms with Gasteiger partial charge in [-0.3, -0.25) is 4.79 Å². The van der Waals surface area contributed by atoms with Crippen molar-refractivity contribution in [2.75, 3.05) is 25.2 Å². The first-order valence-electron chi connectivity index (χ1n) is 9.36. The Balaban J connectivity index is 1.77. The summed E-state index contributed by atoms with van der Waals surface area (Å²) in [6.07, 6.45) is -0.229. The lowest BCUT2D eigenvalue weighted by molar-refractivity contribution is -0.132. The van der Waals surface area contributed by atoms with Crippen LogP contribution in [0.1, 0.15) is 24.5 Å². The Kier molecular flexibility index (Phi) is 6.62. The number of amides is 2. The van der Waals surface area contributed by atoms with Crippen molar-refractivity contribution >= 4 is 23.8 Å². The SMILES string of the molecule is CN(C(=O)OCc1ccccc1)C(C)(CC(=O)N1CCSC1)c1ccccc1. The van der Waals surface area contributed by atoms with E-state index in [9.17, 15) is 9.59 Å². The third-order valence-electron chi connectivity index (χ3n) is 5.22. The van der Waals surface area contributed by atoms with Crippen molar-refractivity contribution in [1.82, 2.24) is 9.80 Å². The summed E-state index contributed by atoms with van der Waals surface area (Å²) in [6.45, 7) is 2.88. The normalized spacial score (nSPS) is 15.7. The van der Waals surface area contributed by atoms with Gasteiger partial charge >= 0.3 is 6.09 Å². The minimum atomic E-state index is -0.792. The van der Waals surface area contributed by atoms with E-state index >= 15 is 0 Å². The van der Waals surface area contributed by atoms with Gasteiger partial charge in [0.15, 0.2) is 0 Å². The molecular formula is C22H26N2O3S. The van der Waals surface area contributed by atoms with Crippen molar-refractivity contribution < 1.29 is 14.3 Å². The summed E-state index contributed by atoms with van der Waals surface area (Å²) in [5, 5.41) is 0. The van der Waals surface area contributed by atoms with E-state index in [0.29, 0.717) is 5.88 Å². The van der Waals surface area contributed by atoms with Crippen molar-refractivity contribution in [3.05, 3.63) is 71.8 Å². The van der Waals surface area contributed by atoms with Crippen molar-refractivity contribution in [2.24, 2.45) is 0 Å². The Morgan fingerprint density at radius 3 is 2.36 bits per heavy atom. The van der Waals surface area contributed by atoms with Gasteiger partial charge in [-0.05, 0) is 18.1 Å². The molecule has 1 atom stereocenters. The number of ether oxygens (including phenoxy) is 1. The monoisotopic (exact) mass is 398 g/mol. The maximum Gasteiger partial charge on any atom is 0.410 e. The van der Waals surface area contributed by atoms with Crippen molar-refractivity contribution in [1.29, 1.82) is 0 Å². The minimum Gasteiger partial charge on any atom is -0.445 e. The van der Waals surface area contributed by atoms with Gasteiger partial charge in [-0.25, -0.2) is 4.79 Å². The van der Waals surface area contributed by atoms with Gasteiger partial charge in [-0.15, -0.1) is 11.8 Å². The quantitative estimate of drug-likeness (QED) is 0.735. The molecule has 1 aliphatic heterocycles. The highest BCUT2D eigenvalue weighted by molar-refractivity contribution is 7.99. The van der Waals surface area contributed by atoms with E-state index in [1.165, 1.54) is 0 Å². The van der Waals surface area contributed by atoms with Crippen LogP contribution in [0.3, 0.4) is 0 Å². The van der Waals surface area contributed by atoms with Gasteiger partial charge in [0.1, 0.15) is 6.61 Å². The zero-order valence-electron chi connectivity index (χ0n) is 16.3. The summed E-state index contributed by atoms with van der Waals surface area (Å²) in [4.78, 5) is 29.1. The number of hydrogen-bond acceptors (Lipinski definition) is 4. The number of benzene rings is 2. The van der Waals surface area contributed by atoms with E-state index in [2.05, 4.69) is 0 Å². The molecule has 2 aromatic carbocycles. The predicted molar refractivity (Wildman–Crippen MR) is 112 cm³/mol. The molecule has 2 amide bonds. The molecule has 0 spiro atoms. The largest absolute Gasteiger partial charge is 0.445 e. The molecular weight excluding hydrogens is 372 g/mol. The molecule has 0 aliphatic carbocycles. The molecule has 1 heterocycles. The lowest BCUT2D eigenvalue weighted by Gasteiger charge is -2.39. The first-order valence-corrected chi connectivity index (χ1v) is 10.5. The highest BCUT2D eigenvalue weighted by Gasteiger charge is 2.39. The van der Waals surface area contributed by atoms with Gasteiger partial charge in [0.2, 0.25) is 5.91 Å². The Labute approximate surface area is 170 Å². The van der Waals surface area contributed by atoms with E-state index in [1.54, 1.807) is 23.7 Å². The highest BCUT2D eigenvalue weighted by atomic mass is 32.2. The van der Waals surface area contributed by atoms with E-state index in [-0.39, 0.29) is 18.9 Å². The van der Waals surface area contributed by atoms with E-state index in [0.717, 1.165) is 23.4 Å². The van der Waals surface area contributed by atoms with Crippen LogP contribution >= 0.6 is 11.8 Å². The van der Waals surface area contributed by atoms with E-state index < -0.39 is 11.6 Å². The maximum absolute atomic E-state index is 12.9. The van der Waals surface area contributed by atoms with Gasteiger partial charge < -0.3 is 14.5 Å². The lowest BCUT2D eigenvalue weighted by Crippen LogP contribution is -2.48. The Hall–Kier alpha value is -2.47. The molecule has 0 saturated carbocycles. The van der Waals surface area contributed by atoms with Crippen LogP contribution in [0.25, 0.3) is 0 Å². The molecule has 3 rings (SSSR count). The lowest BCUT2D eigenvalue weighted by atomic mass is 9.86. The second-order valence-corrected chi connectivity index (χ2v) is 8.19. The number of carbonyl (C=O) groups is 2. The maximum atomic E-state index is 12.9. The fourth-order valence-electron chi connectivity index (χ4n) is 3.25. The van der Waals surface area contributed by atoms with Crippen LogP contribution in [0.5, 0.6) is 0 Å². The molecule has 148 valence electrons. The second kappa shape index (κ2) is 9.15. The van der Waals surface area contributed by atoms with Crippen LogP contribution < -0.4 is 0 Å². The van der Waals surface area contributed by atoms with Gasteiger partial charge in [0.25, 0.3) is 0 Å². The molecule has 0 aromatic heterocycles. The van der Waals surface area contributed by atoms with Crippen molar-refractivity contribution in [3.63, 3.8) is 0 Å². The smallest absolute Gasteiger partial charge is 0.410 e. The molecule has 5 nitrogen and oxygen atoms in total. The summed E-state index contributed by atoms with van der Waals surface area (Å²) in [6, 6.07) is 19.3. The minimum absolute atomic E-state index is 0.0547. The van der Waals surface area contributed by atoms with Gasteiger partial charge in [0, 0.05) is 19.3 Å². The number of rotatable bonds is 6. The molecule has 6 heteroatoms. The van der Waals surface area contributed by atoms with Crippen LogP contribution in [0.4, 0.5) is 4.79 Å². The fourth-order valence-corrected chi connectivity index (χ4v) is 4.22. The molecule has 0 N–H and O–H groups in total. The Morgan fingerprint density at radius 1 is 1.11 bits per heavy atom. The van der Waals surface area contributed by atoms with Gasteiger partial charge in [-0.1, -0.05) is 60.7 Å². The predicted octanol–water partition coefficient (Wildman–Crippen LogP) is 4.09. The fraction of sp³-hybridized carbons (Fsp3) is 0.364. The van der Waals surface area contributed by atoms with Gasteiger partial charge in [-0.2, -0.15) is 0 Å². The average Bonchev–Trinajstić information content (AvgIpc) is 3.28. The first kappa shape index (κ1) is 20.3. The van der Waals surface area contributed by atoms with Crippen LogP contribution in [-0.4, -0.2) is 47.0 Å². The molecule has 1 aliphatic rings.